The van der Waals surface area contributed by atoms with Gasteiger partial charge in [-0.1, -0.05) is 0 Å². The third-order valence-electron chi connectivity index (χ3n) is 2.94. The minimum atomic E-state index is -0.661. The van der Waals surface area contributed by atoms with Crippen LogP contribution in [0.1, 0.15) is 12.1 Å². The van der Waals surface area contributed by atoms with Crippen LogP contribution in [-0.2, 0) is 4.74 Å². The molecule has 1 unspecified atom stereocenters. The van der Waals surface area contributed by atoms with Crippen molar-refractivity contribution < 1.29 is 14.6 Å². The zero-order valence-electron chi connectivity index (χ0n) is 10.3. The van der Waals surface area contributed by atoms with Crippen molar-refractivity contribution in [3.05, 3.63) is 24.0 Å². The summed E-state index contributed by atoms with van der Waals surface area (Å²) in [5.41, 5.74) is 0.840. The highest BCUT2D eigenvalue weighted by Gasteiger charge is 2.35. The van der Waals surface area contributed by atoms with Crippen LogP contribution in [0, 0.1) is 6.92 Å². The Kier molecular flexibility index (Phi) is 3.78. The number of ether oxygens (including phenoxy) is 1. The molecule has 1 aliphatic rings. The van der Waals surface area contributed by atoms with E-state index in [0.717, 1.165) is 5.69 Å². The SMILES string of the molecule is Cc1cc(NC(=O)NC2(CO)CCOC2)ccn1. The number of nitrogens with one attached hydrogen (secondary N) is 2. The van der Waals surface area contributed by atoms with Crippen LogP contribution >= 0.6 is 0 Å². The third-order valence-corrected chi connectivity index (χ3v) is 2.94. The van der Waals surface area contributed by atoms with Gasteiger partial charge in [0.05, 0.1) is 18.8 Å². The standard InChI is InChI=1S/C12H17N3O3/c1-9-6-10(2-4-13-9)14-11(17)15-12(7-16)3-5-18-8-12/h2,4,6,16H,3,5,7-8H2,1H3,(H2,13,14,15,17). The summed E-state index contributed by atoms with van der Waals surface area (Å²) >= 11 is 0. The van der Waals surface area contributed by atoms with Gasteiger partial charge in [0, 0.05) is 24.2 Å². The zero-order valence-corrected chi connectivity index (χ0v) is 10.3. The van der Waals surface area contributed by atoms with Crippen molar-refractivity contribution in [1.82, 2.24) is 10.3 Å². The molecule has 0 bridgehead atoms. The predicted molar refractivity (Wildman–Crippen MR) is 66.4 cm³/mol. The maximum Gasteiger partial charge on any atom is 0.319 e. The van der Waals surface area contributed by atoms with E-state index in [1.54, 1.807) is 18.3 Å². The first-order chi connectivity index (χ1) is 8.63. The molecule has 0 spiro atoms. The monoisotopic (exact) mass is 251 g/mol. The molecule has 6 heteroatoms. The maximum atomic E-state index is 11.8. The van der Waals surface area contributed by atoms with Gasteiger partial charge in [-0.25, -0.2) is 4.79 Å². The summed E-state index contributed by atoms with van der Waals surface area (Å²) in [4.78, 5) is 15.9. The number of pyridine rings is 1. The van der Waals surface area contributed by atoms with Crippen molar-refractivity contribution in [2.75, 3.05) is 25.1 Å². The molecule has 2 heterocycles. The van der Waals surface area contributed by atoms with Crippen LogP contribution in [0.25, 0.3) is 0 Å². The number of hydrogen-bond acceptors (Lipinski definition) is 4. The number of amides is 2. The Balaban J connectivity index is 1.96. The molecular formula is C12H17N3O3. The molecule has 1 fully saturated rings. The fourth-order valence-corrected chi connectivity index (χ4v) is 1.90. The van der Waals surface area contributed by atoms with Crippen molar-refractivity contribution in [2.24, 2.45) is 0 Å². The second-order valence-electron chi connectivity index (χ2n) is 4.51. The van der Waals surface area contributed by atoms with E-state index in [4.69, 9.17) is 4.74 Å². The van der Waals surface area contributed by atoms with Crippen LogP contribution in [0.2, 0.25) is 0 Å². The lowest BCUT2D eigenvalue weighted by molar-refractivity contribution is 0.126. The molecule has 2 amide bonds. The van der Waals surface area contributed by atoms with Crippen molar-refractivity contribution in [1.29, 1.82) is 0 Å². The molecule has 1 atom stereocenters. The normalized spacial score (nSPS) is 22.8. The summed E-state index contributed by atoms with van der Waals surface area (Å²) in [6, 6.07) is 3.14. The van der Waals surface area contributed by atoms with Gasteiger partial charge in [-0.15, -0.1) is 0 Å². The van der Waals surface area contributed by atoms with Gasteiger partial charge in [0.15, 0.2) is 0 Å². The van der Waals surface area contributed by atoms with Gasteiger partial charge in [-0.3, -0.25) is 4.98 Å². The highest BCUT2D eigenvalue weighted by Crippen LogP contribution is 2.18. The van der Waals surface area contributed by atoms with Gasteiger partial charge in [0.2, 0.25) is 0 Å². The highest BCUT2D eigenvalue weighted by molar-refractivity contribution is 5.89. The summed E-state index contributed by atoms with van der Waals surface area (Å²) in [7, 11) is 0. The Morgan fingerprint density at radius 1 is 1.67 bits per heavy atom. The Morgan fingerprint density at radius 2 is 2.50 bits per heavy atom. The van der Waals surface area contributed by atoms with E-state index in [1.165, 1.54) is 0 Å². The van der Waals surface area contributed by atoms with Gasteiger partial charge in [-0.2, -0.15) is 0 Å². The second-order valence-corrected chi connectivity index (χ2v) is 4.51. The number of aromatic nitrogens is 1. The number of aliphatic hydroxyl groups is 1. The van der Waals surface area contributed by atoms with Crippen LogP contribution in [0.3, 0.4) is 0 Å². The fourth-order valence-electron chi connectivity index (χ4n) is 1.90. The molecule has 0 saturated carbocycles. The topological polar surface area (TPSA) is 83.5 Å². The van der Waals surface area contributed by atoms with Crippen molar-refractivity contribution in [3.8, 4) is 0 Å². The smallest absolute Gasteiger partial charge is 0.319 e. The number of urea groups is 1. The van der Waals surface area contributed by atoms with Crippen LogP contribution in [0.4, 0.5) is 10.5 Å². The van der Waals surface area contributed by atoms with Crippen molar-refractivity contribution in [2.45, 2.75) is 18.9 Å². The lowest BCUT2D eigenvalue weighted by Gasteiger charge is -2.26. The maximum absolute atomic E-state index is 11.8. The van der Waals surface area contributed by atoms with Crippen LogP contribution < -0.4 is 10.6 Å². The molecule has 98 valence electrons. The van der Waals surface area contributed by atoms with Gasteiger partial charge < -0.3 is 20.5 Å². The molecule has 0 aliphatic carbocycles. The second kappa shape index (κ2) is 5.32. The summed E-state index contributed by atoms with van der Waals surface area (Å²) in [5, 5.41) is 14.8. The summed E-state index contributed by atoms with van der Waals surface area (Å²) in [6.45, 7) is 2.61. The molecule has 1 aromatic heterocycles. The molecule has 1 aliphatic heterocycles. The number of nitrogens with zero attached hydrogens (tertiary/aromatic N) is 1. The van der Waals surface area contributed by atoms with Gasteiger partial charge in [-0.05, 0) is 25.5 Å². The predicted octanol–water partition coefficient (Wildman–Crippen LogP) is 0.663. The van der Waals surface area contributed by atoms with E-state index in [2.05, 4.69) is 15.6 Å². The fraction of sp³-hybridized carbons (Fsp3) is 0.500. The summed E-state index contributed by atoms with van der Waals surface area (Å²) in [5.74, 6) is 0. The van der Waals surface area contributed by atoms with E-state index in [9.17, 15) is 9.90 Å². The molecule has 0 radical (unpaired) electrons. The Hall–Kier alpha value is -1.66. The Morgan fingerprint density at radius 3 is 3.11 bits per heavy atom. The van der Waals surface area contributed by atoms with E-state index in [0.29, 0.717) is 25.3 Å². The highest BCUT2D eigenvalue weighted by atomic mass is 16.5. The molecule has 0 aromatic carbocycles. The Labute approximate surface area is 105 Å². The van der Waals surface area contributed by atoms with Gasteiger partial charge in [0.25, 0.3) is 0 Å². The molecule has 18 heavy (non-hydrogen) atoms. The average molecular weight is 251 g/mol. The van der Waals surface area contributed by atoms with Gasteiger partial charge in [0.1, 0.15) is 0 Å². The quantitative estimate of drug-likeness (QED) is 0.737. The van der Waals surface area contributed by atoms with E-state index in [-0.39, 0.29) is 12.6 Å². The van der Waals surface area contributed by atoms with Crippen molar-refractivity contribution in [3.63, 3.8) is 0 Å². The number of anilines is 1. The number of carbonyl (C=O) groups is 1. The average Bonchev–Trinajstić information content (AvgIpc) is 2.78. The molecule has 3 N–H and O–H groups in total. The number of aliphatic hydroxyl groups excluding tert-OH is 1. The number of carbonyl (C=O) groups excluding carboxylic acids is 1. The largest absolute Gasteiger partial charge is 0.394 e. The first-order valence-corrected chi connectivity index (χ1v) is 5.84. The number of aryl methyl sites for hydroxylation is 1. The molecule has 1 saturated heterocycles. The van der Waals surface area contributed by atoms with E-state index in [1.807, 2.05) is 6.92 Å². The first-order valence-electron chi connectivity index (χ1n) is 5.84. The number of hydrogen-bond donors (Lipinski definition) is 3. The third kappa shape index (κ3) is 2.96. The van der Waals surface area contributed by atoms with Crippen molar-refractivity contribution >= 4 is 11.7 Å². The molecule has 2 rings (SSSR count). The minimum Gasteiger partial charge on any atom is -0.394 e. The Bertz CT molecular complexity index is 430. The molecule has 1 aromatic rings. The number of rotatable bonds is 3. The lowest BCUT2D eigenvalue weighted by Crippen LogP contribution is -2.53. The molecular weight excluding hydrogens is 234 g/mol. The summed E-state index contributed by atoms with van der Waals surface area (Å²) in [6.07, 6.45) is 2.25. The lowest BCUT2D eigenvalue weighted by atomic mass is 10.0. The van der Waals surface area contributed by atoms with E-state index < -0.39 is 5.54 Å². The van der Waals surface area contributed by atoms with E-state index >= 15 is 0 Å². The van der Waals surface area contributed by atoms with Gasteiger partial charge >= 0.3 is 6.03 Å². The zero-order chi connectivity index (χ0) is 13.0. The molecule has 6 nitrogen and oxygen atoms in total. The van der Waals surface area contributed by atoms with Crippen LogP contribution in [0.15, 0.2) is 18.3 Å². The minimum absolute atomic E-state index is 0.129. The van der Waals surface area contributed by atoms with Crippen LogP contribution in [-0.4, -0.2) is 41.5 Å². The summed E-state index contributed by atoms with van der Waals surface area (Å²) < 4.78 is 5.21. The van der Waals surface area contributed by atoms with Crippen LogP contribution in [0.5, 0.6) is 0 Å². The first kappa shape index (κ1) is 12.8.